The van der Waals surface area contributed by atoms with Gasteiger partial charge in [0.25, 0.3) is 0 Å². The predicted octanol–water partition coefficient (Wildman–Crippen LogP) is 1.23. The normalized spacial score (nSPS) is 18.9. The molecular formula is C22H22BrClN4O4. The van der Waals surface area contributed by atoms with Crippen LogP contribution in [0.5, 0.6) is 0 Å². The van der Waals surface area contributed by atoms with Gasteiger partial charge in [-0.2, -0.15) is 0 Å². The maximum absolute atomic E-state index is 12.5. The molecule has 10 heteroatoms. The molecule has 0 spiro atoms. The molecule has 0 unspecified atom stereocenters. The highest BCUT2D eigenvalue weighted by Crippen LogP contribution is 2.22. The molecule has 2 aromatic carbocycles. The zero-order valence-electron chi connectivity index (χ0n) is 16.9. The fourth-order valence-electron chi connectivity index (χ4n) is 3.39. The Morgan fingerprint density at radius 2 is 1.72 bits per heavy atom. The van der Waals surface area contributed by atoms with Gasteiger partial charge in [0.15, 0.2) is 0 Å². The van der Waals surface area contributed by atoms with E-state index >= 15 is 0 Å². The number of hydrogen-bond donors (Lipinski definition) is 4. The summed E-state index contributed by atoms with van der Waals surface area (Å²) in [5.41, 5.74) is 7.04. The number of carbonyl (C=O) groups excluding carboxylic acids is 4. The van der Waals surface area contributed by atoms with Crippen LogP contribution in [0.25, 0.3) is 0 Å². The molecule has 0 radical (unpaired) electrons. The second kappa shape index (κ2) is 10.6. The number of nitrogens with two attached hydrogens (primary N) is 1. The Kier molecular flexibility index (Phi) is 7.87. The van der Waals surface area contributed by atoms with Crippen LogP contribution in [0.1, 0.15) is 17.5 Å². The summed E-state index contributed by atoms with van der Waals surface area (Å²) in [7, 11) is 0. The van der Waals surface area contributed by atoms with Gasteiger partial charge in [-0.3, -0.25) is 19.2 Å². The lowest BCUT2D eigenvalue weighted by molar-refractivity contribution is -0.138. The summed E-state index contributed by atoms with van der Waals surface area (Å²) in [6, 6.07) is 11.6. The Morgan fingerprint density at radius 1 is 1.06 bits per heavy atom. The van der Waals surface area contributed by atoms with Crippen LogP contribution >= 0.6 is 27.5 Å². The van der Waals surface area contributed by atoms with E-state index in [1.807, 2.05) is 30.3 Å². The molecule has 1 saturated heterocycles. The summed E-state index contributed by atoms with van der Waals surface area (Å²) >= 11 is 9.37. The zero-order valence-corrected chi connectivity index (χ0v) is 19.3. The highest BCUT2D eigenvalue weighted by molar-refractivity contribution is 9.10. The Labute approximate surface area is 198 Å². The smallest absolute Gasteiger partial charge is 0.243 e. The van der Waals surface area contributed by atoms with Crippen LogP contribution in [0.3, 0.4) is 0 Å². The maximum atomic E-state index is 12.5. The fraction of sp³-hybridized carbons (Fsp3) is 0.273. The average Bonchev–Trinajstić information content (AvgIpc) is 2.74. The molecule has 3 rings (SSSR count). The van der Waals surface area contributed by atoms with Crippen molar-refractivity contribution in [1.82, 2.24) is 16.0 Å². The van der Waals surface area contributed by atoms with E-state index in [1.165, 1.54) is 0 Å². The molecule has 1 aliphatic heterocycles. The topological polar surface area (TPSA) is 130 Å². The number of amides is 4. The third-order valence-electron chi connectivity index (χ3n) is 5.05. The van der Waals surface area contributed by atoms with Gasteiger partial charge >= 0.3 is 0 Å². The molecule has 0 aromatic heterocycles. The number of nitrogens with one attached hydrogen (secondary N) is 3. The second-order valence-corrected chi connectivity index (χ2v) is 8.77. The van der Waals surface area contributed by atoms with Crippen molar-refractivity contribution in [3.8, 4) is 0 Å². The van der Waals surface area contributed by atoms with Crippen LogP contribution in [-0.2, 0) is 32.0 Å². The first kappa shape index (κ1) is 23.7. The Morgan fingerprint density at radius 3 is 2.41 bits per heavy atom. The van der Waals surface area contributed by atoms with Crippen LogP contribution in [0.4, 0.5) is 0 Å². The third kappa shape index (κ3) is 6.30. The van der Waals surface area contributed by atoms with Gasteiger partial charge in [0.1, 0.15) is 18.1 Å². The SMILES string of the molecule is NC(=O)[C@@H](Cc1cc(Cl)ccc1Br)NC(=O)C[C@@H]1NC(=O)[C@H](Cc2ccccc2)NC1=O. The second-order valence-electron chi connectivity index (χ2n) is 7.48. The molecule has 5 N–H and O–H groups in total. The standard InChI is InChI=1S/C22H22BrClN4O4/c23-15-7-6-14(24)9-13(15)10-16(20(25)30)26-19(29)11-18-22(32)27-17(21(31)28-18)8-12-4-2-1-3-5-12/h1-7,9,16-18H,8,10-11H2,(H2,25,30)(H,26,29)(H,27,32)(H,28,31)/t16-,17+,18+/m1/s1. The summed E-state index contributed by atoms with van der Waals surface area (Å²) in [4.78, 5) is 49.3. The van der Waals surface area contributed by atoms with Crippen molar-refractivity contribution in [1.29, 1.82) is 0 Å². The Hall–Kier alpha value is -2.91. The molecule has 0 aliphatic carbocycles. The van der Waals surface area contributed by atoms with Gasteiger partial charge in [0.05, 0.1) is 6.42 Å². The average molecular weight is 522 g/mol. The number of rotatable bonds is 8. The van der Waals surface area contributed by atoms with Crippen molar-refractivity contribution < 1.29 is 19.2 Å². The first-order valence-corrected chi connectivity index (χ1v) is 11.1. The lowest BCUT2D eigenvalue weighted by Gasteiger charge is -2.29. The molecule has 0 bridgehead atoms. The van der Waals surface area contributed by atoms with Crippen molar-refractivity contribution in [2.45, 2.75) is 37.4 Å². The van der Waals surface area contributed by atoms with Crippen LogP contribution < -0.4 is 21.7 Å². The highest BCUT2D eigenvalue weighted by Gasteiger charge is 2.35. The van der Waals surface area contributed by atoms with Crippen LogP contribution in [0.15, 0.2) is 53.0 Å². The highest BCUT2D eigenvalue weighted by atomic mass is 79.9. The number of carbonyl (C=O) groups is 4. The van der Waals surface area contributed by atoms with Gasteiger partial charge in [-0.1, -0.05) is 57.9 Å². The lowest BCUT2D eigenvalue weighted by atomic mass is 10.0. The Bertz CT molecular complexity index is 1030. The van der Waals surface area contributed by atoms with Crippen LogP contribution in [0, 0.1) is 0 Å². The molecule has 2 aromatic rings. The van der Waals surface area contributed by atoms with E-state index in [0.717, 1.165) is 5.56 Å². The minimum atomic E-state index is -1.04. The van der Waals surface area contributed by atoms with Crippen LogP contribution in [-0.4, -0.2) is 41.8 Å². The monoisotopic (exact) mass is 520 g/mol. The lowest BCUT2D eigenvalue weighted by Crippen LogP contribution is -2.63. The summed E-state index contributed by atoms with van der Waals surface area (Å²) in [5.74, 6) is -2.16. The van der Waals surface area contributed by atoms with E-state index in [4.69, 9.17) is 17.3 Å². The molecule has 32 heavy (non-hydrogen) atoms. The van der Waals surface area contributed by atoms with Crippen molar-refractivity contribution >= 4 is 51.2 Å². The molecule has 1 heterocycles. The van der Waals surface area contributed by atoms with E-state index < -0.39 is 35.8 Å². The first-order valence-electron chi connectivity index (χ1n) is 9.90. The maximum Gasteiger partial charge on any atom is 0.243 e. The summed E-state index contributed by atoms with van der Waals surface area (Å²) in [6.07, 6.45) is 0.135. The van der Waals surface area contributed by atoms with Gasteiger partial charge in [0, 0.05) is 22.3 Å². The number of halogens is 2. The van der Waals surface area contributed by atoms with Crippen molar-refractivity contribution in [3.05, 3.63) is 69.2 Å². The zero-order chi connectivity index (χ0) is 23.3. The third-order valence-corrected chi connectivity index (χ3v) is 6.06. The minimum absolute atomic E-state index is 0.116. The molecule has 1 fully saturated rings. The van der Waals surface area contributed by atoms with Gasteiger partial charge < -0.3 is 21.7 Å². The van der Waals surface area contributed by atoms with Gasteiger partial charge in [-0.15, -0.1) is 0 Å². The molecule has 4 amide bonds. The van der Waals surface area contributed by atoms with E-state index in [2.05, 4.69) is 31.9 Å². The fourth-order valence-corrected chi connectivity index (χ4v) is 4.00. The molecule has 8 nitrogen and oxygen atoms in total. The predicted molar refractivity (Wildman–Crippen MR) is 123 cm³/mol. The minimum Gasteiger partial charge on any atom is -0.368 e. The quantitative estimate of drug-likeness (QED) is 0.416. The molecule has 168 valence electrons. The molecule has 3 atom stereocenters. The van der Waals surface area contributed by atoms with Gasteiger partial charge in [-0.05, 0) is 29.3 Å². The molecule has 1 aliphatic rings. The van der Waals surface area contributed by atoms with E-state index in [1.54, 1.807) is 18.2 Å². The van der Waals surface area contributed by atoms with Gasteiger partial charge in [-0.25, -0.2) is 0 Å². The van der Waals surface area contributed by atoms with Crippen molar-refractivity contribution in [2.75, 3.05) is 0 Å². The van der Waals surface area contributed by atoms with Crippen molar-refractivity contribution in [2.24, 2.45) is 5.73 Å². The van der Waals surface area contributed by atoms with E-state index in [-0.39, 0.29) is 18.7 Å². The Balaban J connectivity index is 1.58. The van der Waals surface area contributed by atoms with Crippen molar-refractivity contribution in [3.63, 3.8) is 0 Å². The van der Waals surface area contributed by atoms with Crippen LogP contribution in [0.2, 0.25) is 5.02 Å². The first-order chi connectivity index (χ1) is 15.2. The summed E-state index contributed by atoms with van der Waals surface area (Å²) in [6.45, 7) is 0. The van der Waals surface area contributed by atoms with Gasteiger partial charge in [0.2, 0.25) is 23.6 Å². The summed E-state index contributed by atoms with van der Waals surface area (Å²) < 4.78 is 0.714. The number of benzene rings is 2. The molecular weight excluding hydrogens is 500 g/mol. The number of primary amides is 1. The van der Waals surface area contributed by atoms with E-state index in [9.17, 15) is 19.2 Å². The summed E-state index contributed by atoms with van der Waals surface area (Å²) in [5, 5.41) is 8.25. The van der Waals surface area contributed by atoms with E-state index in [0.29, 0.717) is 21.5 Å². The molecule has 0 saturated carbocycles. The number of piperazine rings is 1. The largest absolute Gasteiger partial charge is 0.368 e. The number of hydrogen-bond acceptors (Lipinski definition) is 4.